The summed E-state index contributed by atoms with van der Waals surface area (Å²) in [5, 5.41) is 10.6. The van der Waals surface area contributed by atoms with Crippen LogP contribution < -0.4 is 0 Å². The molecule has 4 heteroatoms. The molecule has 2 unspecified atom stereocenters. The molecule has 0 aromatic rings. The molecule has 0 amide bonds. The second kappa shape index (κ2) is 8.20. The highest BCUT2D eigenvalue weighted by Gasteiger charge is 2.28. The van der Waals surface area contributed by atoms with Crippen LogP contribution in [0, 0.1) is 27.9 Å². The van der Waals surface area contributed by atoms with Gasteiger partial charge in [-0.05, 0) is 6.42 Å². The van der Waals surface area contributed by atoms with Gasteiger partial charge in [0.2, 0.25) is 6.54 Å². The maximum atomic E-state index is 11.9. The first-order valence-electron chi connectivity index (χ1n) is 6.55. The van der Waals surface area contributed by atoms with Gasteiger partial charge in [0, 0.05) is 22.7 Å². The van der Waals surface area contributed by atoms with E-state index in [1.807, 2.05) is 20.8 Å². The zero-order chi connectivity index (χ0) is 13.4. The third-order valence-electron chi connectivity index (χ3n) is 3.29. The Hall–Kier alpha value is -0.930. The molecule has 0 fully saturated rings. The number of Topliss-reactive ketones (excluding diaryl/α,β-unsaturated/α-hetero) is 1. The maximum Gasteiger partial charge on any atom is 0.207 e. The number of hydrogen-bond donors (Lipinski definition) is 0. The minimum absolute atomic E-state index is 0.0366. The van der Waals surface area contributed by atoms with Gasteiger partial charge in [-0.2, -0.15) is 0 Å². The number of ketones is 1. The van der Waals surface area contributed by atoms with Crippen LogP contribution in [0.4, 0.5) is 0 Å². The van der Waals surface area contributed by atoms with Crippen molar-refractivity contribution in [3.63, 3.8) is 0 Å². The van der Waals surface area contributed by atoms with Crippen LogP contribution in [-0.4, -0.2) is 17.3 Å². The first-order valence-corrected chi connectivity index (χ1v) is 6.55. The largest absolute Gasteiger partial charge is 0.299 e. The van der Waals surface area contributed by atoms with Crippen molar-refractivity contribution < 1.29 is 9.72 Å². The van der Waals surface area contributed by atoms with Crippen molar-refractivity contribution in [1.29, 1.82) is 0 Å². The predicted octanol–water partition coefficient (Wildman–Crippen LogP) is 3.32. The molecule has 0 radical (unpaired) electrons. The van der Waals surface area contributed by atoms with Crippen LogP contribution in [-0.2, 0) is 4.79 Å². The van der Waals surface area contributed by atoms with Crippen LogP contribution in [0.5, 0.6) is 0 Å². The fraction of sp³-hybridized carbons (Fsp3) is 0.923. The van der Waals surface area contributed by atoms with E-state index in [1.54, 1.807) is 0 Å². The summed E-state index contributed by atoms with van der Waals surface area (Å²) in [7, 11) is 0. The van der Waals surface area contributed by atoms with E-state index in [1.165, 1.54) is 0 Å². The van der Waals surface area contributed by atoms with Gasteiger partial charge in [-0.1, -0.05) is 47.0 Å². The molecule has 0 aromatic carbocycles. The Bertz CT molecular complexity index is 251. The van der Waals surface area contributed by atoms with Crippen molar-refractivity contribution in [3.05, 3.63) is 10.1 Å². The number of nitro groups is 1. The number of rotatable bonds is 9. The van der Waals surface area contributed by atoms with E-state index in [0.717, 1.165) is 25.7 Å². The van der Waals surface area contributed by atoms with E-state index >= 15 is 0 Å². The Labute approximate surface area is 104 Å². The Morgan fingerprint density at radius 3 is 2.24 bits per heavy atom. The minimum Gasteiger partial charge on any atom is -0.299 e. The van der Waals surface area contributed by atoms with Crippen molar-refractivity contribution in [2.75, 3.05) is 6.54 Å². The molecular weight excluding hydrogens is 218 g/mol. The first-order chi connectivity index (χ1) is 7.90. The SMILES string of the molecule is CCCCCC(C[N+](=O)[O-])C(C)C(=O)C(C)C. The van der Waals surface area contributed by atoms with E-state index in [9.17, 15) is 14.9 Å². The monoisotopic (exact) mass is 243 g/mol. The summed E-state index contributed by atoms with van der Waals surface area (Å²) in [6.45, 7) is 7.57. The van der Waals surface area contributed by atoms with Gasteiger partial charge in [0.25, 0.3) is 0 Å². The topological polar surface area (TPSA) is 60.2 Å². The number of unbranched alkanes of at least 4 members (excludes halogenated alkanes) is 2. The molecule has 0 saturated heterocycles. The zero-order valence-electron chi connectivity index (χ0n) is 11.4. The Morgan fingerprint density at radius 2 is 1.82 bits per heavy atom. The van der Waals surface area contributed by atoms with E-state index in [-0.39, 0.29) is 35.0 Å². The van der Waals surface area contributed by atoms with E-state index < -0.39 is 0 Å². The van der Waals surface area contributed by atoms with Crippen molar-refractivity contribution >= 4 is 5.78 Å². The van der Waals surface area contributed by atoms with Gasteiger partial charge in [0.15, 0.2) is 0 Å². The van der Waals surface area contributed by atoms with Crippen LogP contribution >= 0.6 is 0 Å². The zero-order valence-corrected chi connectivity index (χ0v) is 11.4. The molecule has 0 N–H and O–H groups in total. The lowest BCUT2D eigenvalue weighted by Crippen LogP contribution is -2.29. The van der Waals surface area contributed by atoms with E-state index in [0.29, 0.717) is 0 Å². The quantitative estimate of drug-likeness (QED) is 0.354. The van der Waals surface area contributed by atoms with Crippen LogP contribution in [0.2, 0.25) is 0 Å². The number of nitrogens with zero attached hydrogens (tertiary/aromatic N) is 1. The summed E-state index contributed by atoms with van der Waals surface area (Å²) in [4.78, 5) is 22.2. The molecule has 0 aromatic heterocycles. The Kier molecular flexibility index (Phi) is 7.75. The minimum atomic E-state index is -0.291. The third kappa shape index (κ3) is 6.39. The van der Waals surface area contributed by atoms with Gasteiger partial charge < -0.3 is 0 Å². The fourth-order valence-electron chi connectivity index (χ4n) is 2.11. The second-order valence-electron chi connectivity index (χ2n) is 5.12. The number of hydrogen-bond acceptors (Lipinski definition) is 3. The summed E-state index contributed by atoms with van der Waals surface area (Å²) < 4.78 is 0. The number of carbonyl (C=O) groups excluding carboxylic acids is 1. The molecule has 0 spiro atoms. The lowest BCUT2D eigenvalue weighted by atomic mass is 9.82. The van der Waals surface area contributed by atoms with Gasteiger partial charge in [0.1, 0.15) is 5.78 Å². The number of carbonyl (C=O) groups is 1. The van der Waals surface area contributed by atoms with Gasteiger partial charge in [-0.3, -0.25) is 14.9 Å². The molecule has 2 atom stereocenters. The van der Waals surface area contributed by atoms with Crippen molar-refractivity contribution in [2.24, 2.45) is 17.8 Å². The van der Waals surface area contributed by atoms with Gasteiger partial charge in [-0.25, -0.2) is 0 Å². The van der Waals surface area contributed by atoms with Crippen LogP contribution in [0.15, 0.2) is 0 Å². The van der Waals surface area contributed by atoms with E-state index in [2.05, 4.69) is 6.92 Å². The molecule has 0 aliphatic carbocycles. The summed E-state index contributed by atoms with van der Waals surface area (Å²) >= 11 is 0. The standard InChI is InChI=1S/C13H25NO3/c1-5-6-7-8-12(9-14(16)17)11(4)13(15)10(2)3/h10-12H,5-9H2,1-4H3. The van der Waals surface area contributed by atoms with Crippen molar-refractivity contribution in [2.45, 2.75) is 53.4 Å². The summed E-state index contributed by atoms with van der Waals surface area (Å²) in [6, 6.07) is 0. The van der Waals surface area contributed by atoms with Gasteiger partial charge >= 0.3 is 0 Å². The summed E-state index contributed by atoms with van der Waals surface area (Å²) in [5.74, 6) is -0.192. The van der Waals surface area contributed by atoms with Crippen LogP contribution in [0.1, 0.15) is 53.4 Å². The smallest absolute Gasteiger partial charge is 0.207 e. The predicted molar refractivity (Wildman–Crippen MR) is 68.5 cm³/mol. The molecule has 17 heavy (non-hydrogen) atoms. The fourth-order valence-corrected chi connectivity index (χ4v) is 2.11. The normalized spacial score (nSPS) is 14.6. The van der Waals surface area contributed by atoms with Crippen molar-refractivity contribution in [3.8, 4) is 0 Å². The average Bonchev–Trinajstić information content (AvgIpc) is 2.25. The second-order valence-corrected chi connectivity index (χ2v) is 5.12. The summed E-state index contributed by atoms with van der Waals surface area (Å²) in [6.07, 6.45) is 3.94. The van der Waals surface area contributed by atoms with Gasteiger partial charge in [-0.15, -0.1) is 0 Å². The summed E-state index contributed by atoms with van der Waals surface area (Å²) in [5.41, 5.74) is 0. The molecule has 0 heterocycles. The average molecular weight is 243 g/mol. The highest BCUT2D eigenvalue weighted by Crippen LogP contribution is 2.23. The molecule has 0 bridgehead atoms. The van der Waals surface area contributed by atoms with E-state index in [4.69, 9.17) is 0 Å². The molecular formula is C13H25NO3. The Balaban J connectivity index is 4.43. The molecule has 0 aliphatic rings. The maximum absolute atomic E-state index is 11.9. The first kappa shape index (κ1) is 16.1. The Morgan fingerprint density at radius 1 is 1.24 bits per heavy atom. The highest BCUT2D eigenvalue weighted by atomic mass is 16.6. The van der Waals surface area contributed by atoms with Gasteiger partial charge in [0.05, 0.1) is 0 Å². The lowest BCUT2D eigenvalue weighted by molar-refractivity contribution is -0.489. The molecule has 0 saturated carbocycles. The van der Waals surface area contributed by atoms with Crippen LogP contribution in [0.25, 0.3) is 0 Å². The third-order valence-corrected chi connectivity index (χ3v) is 3.29. The molecule has 4 nitrogen and oxygen atoms in total. The van der Waals surface area contributed by atoms with Crippen molar-refractivity contribution in [1.82, 2.24) is 0 Å². The highest BCUT2D eigenvalue weighted by molar-refractivity contribution is 5.82. The lowest BCUT2D eigenvalue weighted by Gasteiger charge is -2.21. The molecule has 100 valence electrons. The molecule has 0 rings (SSSR count). The molecule has 0 aliphatic heterocycles. The van der Waals surface area contributed by atoms with Crippen LogP contribution in [0.3, 0.4) is 0 Å².